The second-order valence-electron chi connectivity index (χ2n) is 0.766. The summed E-state index contributed by atoms with van der Waals surface area (Å²) in [4.78, 5) is 0. The van der Waals surface area contributed by atoms with Crippen molar-refractivity contribution < 1.29 is 10.2 Å². The molecule has 0 rings (SSSR count). The standard InChI is InChI=1S/C3H5BrO2/c4-1-3(6)2-5/h1-3,5-6H. The van der Waals surface area contributed by atoms with Crippen molar-refractivity contribution in [3.63, 3.8) is 0 Å². The van der Waals surface area contributed by atoms with Crippen molar-refractivity contribution in [2.45, 2.75) is 6.10 Å². The van der Waals surface area contributed by atoms with Crippen LogP contribution in [-0.4, -0.2) is 16.3 Å². The first-order valence-corrected chi connectivity index (χ1v) is 2.32. The minimum absolute atomic E-state index is 0.675. The van der Waals surface area contributed by atoms with Gasteiger partial charge in [0.15, 0.2) is 0 Å². The number of halogens is 1. The third kappa shape index (κ3) is 2.63. The lowest BCUT2D eigenvalue weighted by molar-refractivity contribution is 0.180. The van der Waals surface area contributed by atoms with Crippen molar-refractivity contribution in [2.24, 2.45) is 0 Å². The zero-order chi connectivity index (χ0) is 4.99. The summed E-state index contributed by atoms with van der Waals surface area (Å²) in [7, 11) is 0. The topological polar surface area (TPSA) is 40.5 Å². The van der Waals surface area contributed by atoms with E-state index in [0.717, 1.165) is 0 Å². The Kier molecular flexibility index (Phi) is 3.82. The van der Waals surface area contributed by atoms with Crippen LogP contribution in [0.5, 0.6) is 0 Å². The molecule has 0 aromatic carbocycles. The number of rotatable bonds is 2. The van der Waals surface area contributed by atoms with E-state index in [2.05, 4.69) is 15.9 Å². The van der Waals surface area contributed by atoms with Crippen LogP contribution in [0.1, 0.15) is 0 Å². The van der Waals surface area contributed by atoms with E-state index in [1.165, 1.54) is 5.33 Å². The maximum Gasteiger partial charge on any atom is 0.109 e. The van der Waals surface area contributed by atoms with Crippen molar-refractivity contribution in [3.8, 4) is 0 Å². The van der Waals surface area contributed by atoms with Gasteiger partial charge in [0.1, 0.15) is 6.61 Å². The average molecular weight is 153 g/mol. The Labute approximate surface area is 44.9 Å². The van der Waals surface area contributed by atoms with Crippen molar-refractivity contribution in [2.75, 3.05) is 0 Å². The second-order valence-corrected chi connectivity index (χ2v) is 1.29. The third-order valence-corrected chi connectivity index (χ3v) is 0.823. The van der Waals surface area contributed by atoms with Gasteiger partial charge in [-0.25, -0.2) is 0 Å². The Hall–Kier alpha value is 0.400. The highest BCUT2D eigenvalue weighted by atomic mass is 79.9. The molecule has 0 saturated heterocycles. The maximum absolute atomic E-state index is 8.26. The van der Waals surface area contributed by atoms with Crippen LogP contribution in [-0.2, 0) is 0 Å². The van der Waals surface area contributed by atoms with Crippen LogP contribution in [0.4, 0.5) is 0 Å². The molecule has 0 bridgehead atoms. The SMILES string of the molecule is O[CH]C(O)[CH]Br. The van der Waals surface area contributed by atoms with Gasteiger partial charge in [-0.2, -0.15) is 0 Å². The zero-order valence-electron chi connectivity index (χ0n) is 3.00. The van der Waals surface area contributed by atoms with Crippen LogP contribution >= 0.6 is 15.9 Å². The summed E-state index contributed by atoms with van der Waals surface area (Å²) in [6, 6.07) is 0. The van der Waals surface area contributed by atoms with Gasteiger partial charge in [-0.05, 0) is 0 Å². The van der Waals surface area contributed by atoms with Gasteiger partial charge < -0.3 is 10.2 Å². The van der Waals surface area contributed by atoms with Gasteiger partial charge in [0.2, 0.25) is 0 Å². The van der Waals surface area contributed by atoms with Crippen LogP contribution in [0.3, 0.4) is 0 Å². The molecule has 2 radical (unpaired) electrons. The van der Waals surface area contributed by atoms with Gasteiger partial charge >= 0.3 is 0 Å². The Bertz CT molecular complexity index is 28.0. The van der Waals surface area contributed by atoms with Crippen LogP contribution in [0, 0.1) is 11.9 Å². The smallest absolute Gasteiger partial charge is 0.109 e. The van der Waals surface area contributed by atoms with Crippen LogP contribution in [0.15, 0.2) is 0 Å². The first-order valence-electron chi connectivity index (χ1n) is 1.40. The van der Waals surface area contributed by atoms with Crippen molar-refractivity contribution in [3.05, 3.63) is 11.9 Å². The number of aliphatic hydroxyl groups excluding tert-OH is 2. The Morgan fingerprint density at radius 2 is 2.17 bits per heavy atom. The third-order valence-electron chi connectivity index (χ3n) is 0.282. The monoisotopic (exact) mass is 152 g/mol. The molecule has 6 heavy (non-hydrogen) atoms. The highest BCUT2D eigenvalue weighted by molar-refractivity contribution is 9.10. The van der Waals surface area contributed by atoms with E-state index in [0.29, 0.717) is 6.61 Å². The molecular formula is C3H5BrO2. The fourth-order valence-corrected chi connectivity index (χ4v) is 0.169. The van der Waals surface area contributed by atoms with Crippen molar-refractivity contribution in [1.82, 2.24) is 0 Å². The minimum atomic E-state index is -0.843. The summed E-state index contributed by atoms with van der Waals surface area (Å²) < 4.78 is 0. The quantitative estimate of drug-likeness (QED) is 0.604. The van der Waals surface area contributed by atoms with Gasteiger partial charge in [0.25, 0.3) is 0 Å². The number of hydrogen-bond donors (Lipinski definition) is 2. The Morgan fingerprint density at radius 1 is 1.67 bits per heavy atom. The highest BCUT2D eigenvalue weighted by Gasteiger charge is 1.95. The summed E-state index contributed by atoms with van der Waals surface area (Å²) in [5.41, 5.74) is 0. The summed E-state index contributed by atoms with van der Waals surface area (Å²) >= 11 is 2.81. The summed E-state index contributed by atoms with van der Waals surface area (Å²) in [6.07, 6.45) is -0.843. The largest absolute Gasteiger partial charge is 0.389 e. The zero-order valence-corrected chi connectivity index (χ0v) is 4.59. The molecule has 0 aliphatic rings. The highest BCUT2D eigenvalue weighted by Crippen LogP contribution is 1.96. The predicted octanol–water partition coefficient (Wildman–Crippen LogP) is 0.438. The van der Waals surface area contributed by atoms with Crippen LogP contribution < -0.4 is 0 Å². The van der Waals surface area contributed by atoms with Crippen LogP contribution in [0.2, 0.25) is 0 Å². The molecule has 0 spiro atoms. The van der Waals surface area contributed by atoms with Gasteiger partial charge in [-0.15, -0.1) is 0 Å². The van der Waals surface area contributed by atoms with E-state index in [1.807, 2.05) is 0 Å². The predicted molar refractivity (Wildman–Crippen MR) is 25.5 cm³/mol. The lowest BCUT2D eigenvalue weighted by atomic mass is 10.5. The lowest BCUT2D eigenvalue weighted by Gasteiger charge is -1.94. The first-order chi connectivity index (χ1) is 2.81. The molecule has 0 aliphatic heterocycles. The van der Waals surface area contributed by atoms with E-state index in [9.17, 15) is 0 Å². The van der Waals surface area contributed by atoms with Gasteiger partial charge in [-0.3, -0.25) is 0 Å². The number of aliphatic hydroxyl groups is 2. The molecule has 2 N–H and O–H groups in total. The molecule has 3 heteroatoms. The second kappa shape index (κ2) is 3.59. The molecule has 2 nitrogen and oxygen atoms in total. The Balaban J connectivity index is 2.75. The molecule has 0 heterocycles. The summed E-state index contributed by atoms with van der Waals surface area (Å²) in [6.45, 7) is 0.675. The molecule has 36 valence electrons. The summed E-state index contributed by atoms with van der Waals surface area (Å²) in [5.74, 6) is 0. The van der Waals surface area contributed by atoms with E-state index in [1.54, 1.807) is 0 Å². The average Bonchev–Trinajstić information content (AvgIpc) is 1.65. The normalized spacial score (nSPS) is 14.5. The van der Waals surface area contributed by atoms with E-state index in [-0.39, 0.29) is 0 Å². The molecule has 1 atom stereocenters. The molecule has 0 amide bonds. The Morgan fingerprint density at radius 3 is 2.17 bits per heavy atom. The molecule has 0 aromatic rings. The maximum atomic E-state index is 8.26. The van der Waals surface area contributed by atoms with E-state index >= 15 is 0 Å². The fourth-order valence-electron chi connectivity index (χ4n) is 0.0325. The minimum Gasteiger partial charge on any atom is -0.389 e. The number of hydrogen-bond acceptors (Lipinski definition) is 2. The molecule has 0 fully saturated rings. The van der Waals surface area contributed by atoms with Crippen molar-refractivity contribution in [1.29, 1.82) is 0 Å². The summed E-state index contributed by atoms with van der Waals surface area (Å²) in [5, 5.41) is 17.4. The van der Waals surface area contributed by atoms with E-state index < -0.39 is 6.10 Å². The molecule has 0 aliphatic carbocycles. The van der Waals surface area contributed by atoms with E-state index in [4.69, 9.17) is 10.2 Å². The fraction of sp³-hybridized carbons (Fsp3) is 0.333. The molecular weight excluding hydrogens is 148 g/mol. The molecule has 0 saturated carbocycles. The molecule has 1 unspecified atom stereocenters. The van der Waals surface area contributed by atoms with Gasteiger partial charge in [0, 0.05) is 0 Å². The van der Waals surface area contributed by atoms with Crippen LogP contribution in [0.25, 0.3) is 0 Å². The molecule has 0 aromatic heterocycles. The lowest BCUT2D eigenvalue weighted by Crippen LogP contribution is -2.01. The first kappa shape index (κ1) is 6.40. The van der Waals surface area contributed by atoms with Crippen molar-refractivity contribution >= 4 is 15.9 Å². The van der Waals surface area contributed by atoms with Gasteiger partial charge in [-0.1, -0.05) is 15.9 Å². The van der Waals surface area contributed by atoms with Gasteiger partial charge in [0.05, 0.1) is 11.4 Å².